The molecule has 0 saturated heterocycles. The molecule has 0 bridgehead atoms. The van der Waals surface area contributed by atoms with Crippen LogP contribution in [0.4, 0.5) is 15.8 Å². The van der Waals surface area contributed by atoms with Crippen LogP contribution in [0.1, 0.15) is 6.92 Å². The van der Waals surface area contributed by atoms with E-state index in [0.29, 0.717) is 16.5 Å². The highest BCUT2D eigenvalue weighted by molar-refractivity contribution is 7.99. The van der Waals surface area contributed by atoms with Crippen molar-refractivity contribution in [1.29, 1.82) is 0 Å². The molecule has 27 heavy (non-hydrogen) atoms. The zero-order valence-electron chi connectivity index (χ0n) is 14.5. The monoisotopic (exact) mass is 384 g/mol. The number of aromatic nitrogens is 2. The third kappa shape index (κ3) is 5.42. The normalized spacial score (nSPS) is 10.4. The molecule has 0 aliphatic carbocycles. The smallest absolute Gasteiger partial charge is 0.234 e. The minimum absolute atomic E-state index is 0.167. The molecule has 3 aromatic rings. The van der Waals surface area contributed by atoms with Crippen molar-refractivity contribution in [2.24, 2.45) is 0 Å². The Balaban J connectivity index is 1.55. The first-order valence-corrected chi connectivity index (χ1v) is 9.09. The molecule has 2 aromatic carbocycles. The highest BCUT2D eigenvalue weighted by atomic mass is 32.2. The standard InChI is InChI=1S/C19H17FN4O2S/c1-12(25)22-15-3-2-4-16(9-15)23-18(26)11-27-19-21-10-17(24-19)13-5-7-14(20)8-6-13/h2-10H,11H2,1H3,(H,21,24)(H,22,25)(H,23,26). The number of anilines is 2. The maximum atomic E-state index is 13.0. The predicted octanol–water partition coefficient (Wildman–Crippen LogP) is 3.91. The molecule has 1 heterocycles. The minimum Gasteiger partial charge on any atom is -0.333 e. The largest absolute Gasteiger partial charge is 0.333 e. The van der Waals surface area contributed by atoms with Crippen molar-refractivity contribution < 1.29 is 14.0 Å². The second-order valence-corrected chi connectivity index (χ2v) is 6.67. The first-order chi connectivity index (χ1) is 13.0. The molecular formula is C19H17FN4O2S. The molecule has 3 N–H and O–H groups in total. The summed E-state index contributed by atoms with van der Waals surface area (Å²) in [5.74, 6) is -0.503. The SMILES string of the molecule is CC(=O)Nc1cccc(NC(=O)CSc2ncc(-c3ccc(F)cc3)[nH]2)c1. The van der Waals surface area contributed by atoms with Crippen LogP contribution in [0.3, 0.4) is 0 Å². The van der Waals surface area contributed by atoms with Crippen molar-refractivity contribution in [3.63, 3.8) is 0 Å². The van der Waals surface area contributed by atoms with E-state index in [-0.39, 0.29) is 23.4 Å². The highest BCUT2D eigenvalue weighted by Gasteiger charge is 2.08. The van der Waals surface area contributed by atoms with Crippen molar-refractivity contribution in [1.82, 2.24) is 9.97 Å². The van der Waals surface area contributed by atoms with Crippen molar-refractivity contribution >= 4 is 35.0 Å². The highest BCUT2D eigenvalue weighted by Crippen LogP contribution is 2.22. The van der Waals surface area contributed by atoms with Crippen LogP contribution in [0.25, 0.3) is 11.3 Å². The Kier molecular flexibility index (Phi) is 5.87. The van der Waals surface area contributed by atoms with Gasteiger partial charge in [-0.05, 0) is 48.0 Å². The Labute approximate surface area is 159 Å². The summed E-state index contributed by atoms with van der Waals surface area (Å²) in [6, 6.07) is 13.0. The molecule has 0 aliphatic heterocycles. The van der Waals surface area contributed by atoms with Gasteiger partial charge in [0.1, 0.15) is 5.82 Å². The van der Waals surface area contributed by atoms with Gasteiger partial charge in [-0.3, -0.25) is 9.59 Å². The van der Waals surface area contributed by atoms with Gasteiger partial charge in [0, 0.05) is 18.3 Å². The molecule has 138 valence electrons. The summed E-state index contributed by atoms with van der Waals surface area (Å²) in [5.41, 5.74) is 2.78. The lowest BCUT2D eigenvalue weighted by Crippen LogP contribution is -2.14. The fourth-order valence-corrected chi connectivity index (χ4v) is 3.01. The van der Waals surface area contributed by atoms with Gasteiger partial charge in [-0.15, -0.1) is 0 Å². The number of aromatic amines is 1. The van der Waals surface area contributed by atoms with E-state index in [4.69, 9.17) is 0 Å². The van der Waals surface area contributed by atoms with Crippen LogP contribution in [0.15, 0.2) is 59.9 Å². The van der Waals surface area contributed by atoms with Gasteiger partial charge < -0.3 is 15.6 Å². The van der Waals surface area contributed by atoms with Gasteiger partial charge in [-0.2, -0.15) is 0 Å². The van der Waals surface area contributed by atoms with E-state index in [1.165, 1.54) is 30.8 Å². The van der Waals surface area contributed by atoms with Crippen molar-refractivity contribution in [2.75, 3.05) is 16.4 Å². The van der Waals surface area contributed by atoms with Gasteiger partial charge in [0.25, 0.3) is 0 Å². The van der Waals surface area contributed by atoms with E-state index in [1.807, 2.05) is 0 Å². The average molecular weight is 384 g/mol. The molecule has 0 aliphatic rings. The van der Waals surface area contributed by atoms with E-state index >= 15 is 0 Å². The van der Waals surface area contributed by atoms with Gasteiger partial charge >= 0.3 is 0 Å². The second kappa shape index (κ2) is 8.50. The van der Waals surface area contributed by atoms with E-state index < -0.39 is 0 Å². The lowest BCUT2D eigenvalue weighted by molar-refractivity contribution is -0.114. The number of nitrogens with one attached hydrogen (secondary N) is 3. The summed E-state index contributed by atoms with van der Waals surface area (Å²) in [4.78, 5) is 30.6. The van der Waals surface area contributed by atoms with Crippen LogP contribution in [-0.2, 0) is 9.59 Å². The minimum atomic E-state index is -0.299. The maximum absolute atomic E-state index is 13.0. The molecule has 0 atom stereocenters. The van der Waals surface area contributed by atoms with Crippen LogP contribution < -0.4 is 10.6 Å². The summed E-state index contributed by atoms with van der Waals surface area (Å²) in [6.07, 6.45) is 1.64. The molecule has 6 nitrogen and oxygen atoms in total. The number of benzene rings is 2. The number of carbonyl (C=O) groups excluding carboxylic acids is 2. The van der Waals surface area contributed by atoms with E-state index in [1.54, 1.807) is 42.6 Å². The molecule has 0 radical (unpaired) electrons. The number of hydrogen-bond donors (Lipinski definition) is 3. The first-order valence-electron chi connectivity index (χ1n) is 8.11. The molecule has 0 spiro atoms. The summed E-state index contributed by atoms with van der Waals surface area (Å²) >= 11 is 1.26. The molecule has 0 unspecified atom stereocenters. The Morgan fingerprint density at radius 2 is 1.81 bits per heavy atom. The molecule has 3 rings (SSSR count). The average Bonchev–Trinajstić information content (AvgIpc) is 3.09. The Morgan fingerprint density at radius 3 is 2.52 bits per heavy atom. The molecule has 2 amide bonds. The quantitative estimate of drug-likeness (QED) is 0.563. The number of halogens is 1. The van der Waals surface area contributed by atoms with Crippen molar-refractivity contribution in [3.8, 4) is 11.3 Å². The Hall–Kier alpha value is -3.13. The molecule has 1 aromatic heterocycles. The summed E-state index contributed by atoms with van der Waals surface area (Å²) < 4.78 is 13.0. The number of carbonyl (C=O) groups is 2. The van der Waals surface area contributed by atoms with Crippen LogP contribution in [-0.4, -0.2) is 27.5 Å². The number of amides is 2. The topological polar surface area (TPSA) is 86.9 Å². The Bertz CT molecular complexity index is 956. The number of H-pyrrole nitrogens is 1. The van der Waals surface area contributed by atoms with Gasteiger partial charge in [-0.25, -0.2) is 9.37 Å². The fraction of sp³-hybridized carbons (Fsp3) is 0.105. The Morgan fingerprint density at radius 1 is 1.11 bits per heavy atom. The predicted molar refractivity (Wildman–Crippen MR) is 104 cm³/mol. The molecule has 0 saturated carbocycles. The van der Waals surface area contributed by atoms with Crippen LogP contribution >= 0.6 is 11.8 Å². The number of rotatable bonds is 6. The maximum Gasteiger partial charge on any atom is 0.234 e. The van der Waals surface area contributed by atoms with E-state index in [0.717, 1.165) is 11.3 Å². The van der Waals surface area contributed by atoms with Gasteiger partial charge in [0.2, 0.25) is 11.8 Å². The van der Waals surface area contributed by atoms with Gasteiger partial charge in [0.15, 0.2) is 5.16 Å². The zero-order valence-corrected chi connectivity index (χ0v) is 15.3. The number of imidazole rings is 1. The summed E-state index contributed by atoms with van der Waals surface area (Å²) in [5, 5.41) is 6.03. The van der Waals surface area contributed by atoms with Crippen LogP contribution in [0.5, 0.6) is 0 Å². The molecular weight excluding hydrogens is 367 g/mol. The molecule has 8 heteroatoms. The lowest BCUT2D eigenvalue weighted by Gasteiger charge is -2.07. The van der Waals surface area contributed by atoms with E-state index in [9.17, 15) is 14.0 Å². The van der Waals surface area contributed by atoms with Crippen LogP contribution in [0, 0.1) is 5.82 Å². The van der Waals surface area contributed by atoms with E-state index in [2.05, 4.69) is 20.6 Å². The number of hydrogen-bond acceptors (Lipinski definition) is 4. The van der Waals surface area contributed by atoms with Crippen molar-refractivity contribution in [3.05, 3.63) is 60.5 Å². The fourth-order valence-electron chi connectivity index (χ4n) is 2.36. The van der Waals surface area contributed by atoms with Crippen molar-refractivity contribution in [2.45, 2.75) is 12.1 Å². The molecule has 0 fully saturated rings. The summed E-state index contributed by atoms with van der Waals surface area (Å²) in [6.45, 7) is 1.42. The van der Waals surface area contributed by atoms with Gasteiger partial charge in [0.05, 0.1) is 17.6 Å². The third-order valence-corrected chi connectivity index (χ3v) is 4.40. The lowest BCUT2D eigenvalue weighted by atomic mass is 10.2. The third-order valence-electron chi connectivity index (χ3n) is 3.51. The zero-order chi connectivity index (χ0) is 19.2. The number of nitrogens with zero attached hydrogens (tertiary/aromatic N) is 1. The van der Waals surface area contributed by atoms with Crippen LogP contribution in [0.2, 0.25) is 0 Å². The number of thioether (sulfide) groups is 1. The first kappa shape index (κ1) is 18.7. The van der Waals surface area contributed by atoms with Gasteiger partial charge in [-0.1, -0.05) is 17.8 Å². The summed E-state index contributed by atoms with van der Waals surface area (Å²) in [7, 11) is 0. The second-order valence-electron chi connectivity index (χ2n) is 5.71.